The van der Waals surface area contributed by atoms with Crippen molar-refractivity contribution in [2.75, 3.05) is 0 Å². The van der Waals surface area contributed by atoms with Gasteiger partial charge in [-0.05, 0) is 116 Å². The van der Waals surface area contributed by atoms with Gasteiger partial charge in [0.15, 0.2) is 0 Å². The van der Waals surface area contributed by atoms with Crippen LogP contribution in [0.15, 0.2) is 117 Å². The van der Waals surface area contributed by atoms with E-state index in [1.165, 1.54) is 72.0 Å². The van der Waals surface area contributed by atoms with E-state index >= 15 is 0 Å². The molecule has 2 aliphatic carbocycles. The zero-order valence-electron chi connectivity index (χ0n) is 28.2. The first kappa shape index (κ1) is 35.4. The van der Waals surface area contributed by atoms with Crippen molar-refractivity contribution in [3.8, 4) is 0 Å². The summed E-state index contributed by atoms with van der Waals surface area (Å²) in [7, 11) is 0. The normalized spacial score (nSPS) is 21.3. The van der Waals surface area contributed by atoms with Crippen LogP contribution in [-0.4, -0.2) is 0 Å². The highest BCUT2D eigenvalue weighted by atomic mass is 14.3. The number of allylic oxidation sites excluding steroid dienone is 20. The molecule has 2 rings (SSSR count). The van der Waals surface area contributed by atoms with Crippen molar-refractivity contribution in [3.63, 3.8) is 0 Å². The SMILES string of the molecule is C/C=C(C)/C=C/C=C(C)/C=C/C1=C(C)CCCC1(C)C.C\C=C(C)/C=C/C=C(C)/C=C/C1=C(C)CCCC1(C)C. The molecule has 0 bridgehead atoms. The Kier molecular flexibility index (Phi) is 15.3. The summed E-state index contributed by atoms with van der Waals surface area (Å²) >= 11 is 0. The van der Waals surface area contributed by atoms with Crippen LogP contribution in [0.5, 0.6) is 0 Å². The molecule has 0 unspecified atom stereocenters. The molecule has 2 aliphatic rings. The summed E-state index contributed by atoms with van der Waals surface area (Å²) in [5.74, 6) is 0. The number of hydrogen-bond donors (Lipinski definition) is 0. The lowest BCUT2D eigenvalue weighted by atomic mass is 9.72. The van der Waals surface area contributed by atoms with Crippen LogP contribution in [0.2, 0.25) is 0 Å². The molecule has 40 heavy (non-hydrogen) atoms. The summed E-state index contributed by atoms with van der Waals surface area (Å²) in [6.45, 7) is 26.7. The van der Waals surface area contributed by atoms with Gasteiger partial charge in [0, 0.05) is 0 Å². The topological polar surface area (TPSA) is 0 Å². The Balaban J connectivity index is 0.000000400. The quantitative estimate of drug-likeness (QED) is 0.269. The molecule has 0 amide bonds. The minimum Gasteiger partial charge on any atom is -0.0847 e. The Bertz CT molecular complexity index is 1040. The van der Waals surface area contributed by atoms with Gasteiger partial charge in [-0.3, -0.25) is 0 Å². The van der Waals surface area contributed by atoms with Crippen molar-refractivity contribution >= 4 is 0 Å². The van der Waals surface area contributed by atoms with Gasteiger partial charge in [-0.25, -0.2) is 0 Å². The van der Waals surface area contributed by atoms with E-state index < -0.39 is 0 Å². The zero-order chi connectivity index (χ0) is 30.3. The molecular weight excluding hydrogens is 480 g/mol. The zero-order valence-corrected chi connectivity index (χ0v) is 28.2. The summed E-state index contributed by atoms with van der Waals surface area (Å²) < 4.78 is 0. The van der Waals surface area contributed by atoms with Crippen molar-refractivity contribution in [1.29, 1.82) is 0 Å². The Morgan fingerprint density at radius 1 is 0.550 bits per heavy atom. The monoisotopic (exact) mass is 540 g/mol. The van der Waals surface area contributed by atoms with Crippen LogP contribution in [0.3, 0.4) is 0 Å². The van der Waals surface area contributed by atoms with E-state index in [4.69, 9.17) is 0 Å². The van der Waals surface area contributed by atoms with Crippen molar-refractivity contribution in [1.82, 2.24) is 0 Å². The van der Waals surface area contributed by atoms with E-state index in [9.17, 15) is 0 Å². The molecule has 0 atom stereocenters. The number of hydrogen-bond acceptors (Lipinski definition) is 0. The maximum Gasteiger partial charge on any atom is -0.0104 e. The van der Waals surface area contributed by atoms with Gasteiger partial charge in [0.2, 0.25) is 0 Å². The lowest BCUT2D eigenvalue weighted by Crippen LogP contribution is -2.19. The first-order chi connectivity index (χ1) is 18.7. The minimum atomic E-state index is 0.330. The molecule has 0 saturated heterocycles. The summed E-state index contributed by atoms with van der Waals surface area (Å²) in [6, 6.07) is 0. The second-order valence-electron chi connectivity index (χ2n) is 13.1. The van der Waals surface area contributed by atoms with E-state index in [-0.39, 0.29) is 0 Å². The first-order valence-corrected chi connectivity index (χ1v) is 15.5. The largest absolute Gasteiger partial charge is 0.0847 e. The predicted octanol–water partition coefficient (Wildman–Crippen LogP) is 13.1. The molecule has 0 fully saturated rings. The highest BCUT2D eigenvalue weighted by molar-refractivity contribution is 5.38. The molecule has 0 radical (unpaired) electrons. The van der Waals surface area contributed by atoms with Gasteiger partial charge in [0.25, 0.3) is 0 Å². The molecule has 0 aromatic heterocycles. The van der Waals surface area contributed by atoms with Gasteiger partial charge in [-0.15, -0.1) is 0 Å². The van der Waals surface area contributed by atoms with Crippen LogP contribution in [0.4, 0.5) is 0 Å². The third-order valence-corrected chi connectivity index (χ3v) is 8.46. The molecule has 220 valence electrons. The van der Waals surface area contributed by atoms with Crippen LogP contribution in [0.25, 0.3) is 0 Å². The highest BCUT2D eigenvalue weighted by Crippen LogP contribution is 2.41. The summed E-state index contributed by atoms with van der Waals surface area (Å²) in [4.78, 5) is 0. The first-order valence-electron chi connectivity index (χ1n) is 15.5. The standard InChI is InChI=1S/2C20H30/c2*1-7-16(2)10-8-11-17(3)13-14-19-18(4)12-9-15-20(19,5)6/h2*7-8,10-11,13-14H,9,12,15H2,1-6H3/b10-8+,14-13+,16-7+,17-11+;10-8+,14-13+,16-7-,17-11+. The summed E-state index contributed by atoms with van der Waals surface area (Å²) in [6.07, 6.45) is 34.1. The average molecular weight is 541 g/mol. The van der Waals surface area contributed by atoms with Crippen molar-refractivity contribution in [3.05, 3.63) is 117 Å². The van der Waals surface area contributed by atoms with E-state index in [1.807, 2.05) is 0 Å². The van der Waals surface area contributed by atoms with Gasteiger partial charge >= 0.3 is 0 Å². The lowest BCUT2D eigenvalue weighted by molar-refractivity contribution is 0.376. The Labute approximate surface area is 249 Å². The minimum absolute atomic E-state index is 0.330. The Morgan fingerprint density at radius 3 is 1.20 bits per heavy atom. The Morgan fingerprint density at radius 2 is 0.900 bits per heavy atom. The average Bonchev–Trinajstić information content (AvgIpc) is 2.87. The third kappa shape index (κ3) is 12.7. The van der Waals surface area contributed by atoms with Gasteiger partial charge in [0.05, 0.1) is 0 Å². The molecule has 0 aromatic rings. The molecule has 0 heterocycles. The fourth-order valence-corrected chi connectivity index (χ4v) is 5.46. The van der Waals surface area contributed by atoms with Crippen LogP contribution < -0.4 is 0 Å². The van der Waals surface area contributed by atoms with Gasteiger partial charge in [-0.1, -0.05) is 134 Å². The van der Waals surface area contributed by atoms with E-state index in [0.29, 0.717) is 10.8 Å². The van der Waals surface area contributed by atoms with Crippen molar-refractivity contribution < 1.29 is 0 Å². The van der Waals surface area contributed by atoms with E-state index in [1.54, 1.807) is 11.1 Å². The molecule has 0 aromatic carbocycles. The van der Waals surface area contributed by atoms with Crippen molar-refractivity contribution in [2.45, 2.75) is 122 Å². The molecule has 0 heteroatoms. The highest BCUT2D eigenvalue weighted by Gasteiger charge is 2.27. The summed E-state index contributed by atoms with van der Waals surface area (Å²) in [5, 5.41) is 0. The van der Waals surface area contributed by atoms with Crippen LogP contribution in [0, 0.1) is 10.8 Å². The molecule has 0 N–H and O–H groups in total. The molecular formula is C40H60. The fourth-order valence-electron chi connectivity index (χ4n) is 5.46. The van der Waals surface area contributed by atoms with Gasteiger partial charge in [0.1, 0.15) is 0 Å². The number of rotatable bonds is 8. The van der Waals surface area contributed by atoms with Gasteiger partial charge in [-0.2, -0.15) is 0 Å². The third-order valence-electron chi connectivity index (χ3n) is 8.46. The second-order valence-corrected chi connectivity index (χ2v) is 13.1. The molecule has 0 saturated carbocycles. The van der Waals surface area contributed by atoms with Gasteiger partial charge < -0.3 is 0 Å². The van der Waals surface area contributed by atoms with E-state index in [2.05, 4.69) is 156 Å². The maximum absolute atomic E-state index is 2.36. The predicted molar refractivity (Wildman–Crippen MR) is 184 cm³/mol. The molecule has 0 spiro atoms. The summed E-state index contributed by atoms with van der Waals surface area (Å²) in [5.41, 5.74) is 12.0. The van der Waals surface area contributed by atoms with Crippen LogP contribution in [0.1, 0.15) is 122 Å². The van der Waals surface area contributed by atoms with Crippen LogP contribution in [-0.2, 0) is 0 Å². The molecule has 0 nitrogen and oxygen atoms in total. The lowest BCUT2D eigenvalue weighted by Gasteiger charge is -2.33. The van der Waals surface area contributed by atoms with E-state index in [0.717, 1.165) is 0 Å². The molecule has 0 aliphatic heterocycles. The maximum atomic E-state index is 2.36. The fraction of sp³-hybridized carbons (Fsp3) is 0.500. The Hall–Kier alpha value is -2.60. The second kappa shape index (κ2) is 17.3. The smallest absolute Gasteiger partial charge is 0.0104 e. The van der Waals surface area contributed by atoms with Crippen molar-refractivity contribution in [2.24, 2.45) is 10.8 Å². The van der Waals surface area contributed by atoms with Crippen LogP contribution >= 0.6 is 0 Å².